The molecule has 1 heterocycles. The second-order valence-electron chi connectivity index (χ2n) is 6.58. The third kappa shape index (κ3) is 3.61. The summed E-state index contributed by atoms with van der Waals surface area (Å²) in [6.07, 6.45) is 6.76. The summed E-state index contributed by atoms with van der Waals surface area (Å²) in [6.45, 7) is 2.63. The summed E-state index contributed by atoms with van der Waals surface area (Å²) < 4.78 is 5.28. The number of piperidine rings is 1. The first-order valence-electron chi connectivity index (χ1n) is 8.41. The van der Waals surface area contributed by atoms with Crippen LogP contribution < -0.4 is 10.1 Å². The van der Waals surface area contributed by atoms with Gasteiger partial charge in [0.2, 0.25) is 5.91 Å². The fraction of sp³-hybridized carbons (Fsp3) is 0.611. The largest absolute Gasteiger partial charge is 0.495 e. The van der Waals surface area contributed by atoms with Crippen molar-refractivity contribution >= 4 is 11.6 Å². The second kappa shape index (κ2) is 7.14. The van der Waals surface area contributed by atoms with Crippen LogP contribution in [-0.2, 0) is 4.79 Å². The summed E-state index contributed by atoms with van der Waals surface area (Å²) in [6, 6.07) is 7.56. The predicted molar refractivity (Wildman–Crippen MR) is 88.1 cm³/mol. The minimum absolute atomic E-state index is 0.0544. The van der Waals surface area contributed by atoms with Crippen molar-refractivity contribution in [3.8, 4) is 5.75 Å². The van der Waals surface area contributed by atoms with E-state index in [4.69, 9.17) is 4.74 Å². The summed E-state index contributed by atoms with van der Waals surface area (Å²) >= 11 is 0. The Morgan fingerprint density at radius 2 is 2.00 bits per heavy atom. The summed E-state index contributed by atoms with van der Waals surface area (Å²) in [5, 5.41) is 2.98. The van der Waals surface area contributed by atoms with Crippen LogP contribution in [-0.4, -0.2) is 37.6 Å². The van der Waals surface area contributed by atoms with Gasteiger partial charge in [0.1, 0.15) is 5.75 Å². The topological polar surface area (TPSA) is 41.6 Å². The Bertz CT molecular complexity index is 518. The van der Waals surface area contributed by atoms with Gasteiger partial charge in [-0.3, -0.25) is 9.69 Å². The van der Waals surface area contributed by atoms with Gasteiger partial charge in [-0.25, -0.2) is 0 Å². The lowest BCUT2D eigenvalue weighted by atomic mass is 9.75. The minimum Gasteiger partial charge on any atom is -0.495 e. The van der Waals surface area contributed by atoms with E-state index in [1.165, 1.54) is 32.1 Å². The average molecular weight is 302 g/mol. The molecule has 1 saturated carbocycles. The number of hydrogen-bond donors (Lipinski definition) is 1. The summed E-state index contributed by atoms with van der Waals surface area (Å²) in [4.78, 5) is 14.6. The Morgan fingerprint density at radius 3 is 2.82 bits per heavy atom. The fourth-order valence-electron chi connectivity index (χ4n) is 3.96. The molecule has 1 aromatic rings. The summed E-state index contributed by atoms with van der Waals surface area (Å²) in [5.41, 5.74) is 0.752. The number of benzene rings is 1. The number of para-hydroxylation sites is 2. The van der Waals surface area contributed by atoms with Crippen LogP contribution in [0.2, 0.25) is 0 Å². The van der Waals surface area contributed by atoms with Crippen LogP contribution in [0.3, 0.4) is 0 Å². The Morgan fingerprint density at radius 1 is 1.23 bits per heavy atom. The molecule has 1 aliphatic carbocycles. The Hall–Kier alpha value is -1.55. The van der Waals surface area contributed by atoms with Crippen molar-refractivity contribution in [2.75, 3.05) is 32.1 Å². The Labute approximate surface area is 132 Å². The van der Waals surface area contributed by atoms with Crippen LogP contribution in [0.4, 0.5) is 5.69 Å². The maximum absolute atomic E-state index is 12.3. The summed E-state index contributed by atoms with van der Waals surface area (Å²) in [7, 11) is 1.62. The number of fused-ring (bicyclic) bond motifs is 1. The number of likely N-dealkylation sites (tertiary alicyclic amines) is 1. The molecule has 2 fully saturated rings. The highest BCUT2D eigenvalue weighted by Crippen LogP contribution is 2.35. The van der Waals surface area contributed by atoms with Crippen LogP contribution in [0.1, 0.15) is 32.1 Å². The molecule has 0 bridgehead atoms. The van der Waals surface area contributed by atoms with E-state index in [0.717, 1.165) is 30.6 Å². The Balaban J connectivity index is 1.53. The lowest BCUT2D eigenvalue weighted by molar-refractivity contribution is -0.118. The number of nitrogens with zero attached hydrogens (tertiary/aromatic N) is 1. The number of methoxy groups -OCH3 is 1. The van der Waals surface area contributed by atoms with E-state index < -0.39 is 0 Å². The molecular formula is C18H26N2O2. The number of anilines is 1. The Kier molecular flexibility index (Phi) is 4.98. The molecule has 4 nitrogen and oxygen atoms in total. The van der Waals surface area contributed by atoms with Gasteiger partial charge >= 0.3 is 0 Å². The van der Waals surface area contributed by atoms with E-state index in [1.54, 1.807) is 7.11 Å². The molecule has 1 saturated heterocycles. The number of nitrogens with one attached hydrogen (secondary N) is 1. The predicted octanol–water partition coefficient (Wildman–Crippen LogP) is 3.15. The quantitative estimate of drug-likeness (QED) is 0.929. The molecule has 22 heavy (non-hydrogen) atoms. The van der Waals surface area contributed by atoms with E-state index in [-0.39, 0.29) is 5.91 Å². The molecule has 3 rings (SSSR count). The van der Waals surface area contributed by atoms with Gasteiger partial charge in [-0.1, -0.05) is 31.4 Å². The van der Waals surface area contributed by atoms with Gasteiger partial charge in [-0.2, -0.15) is 0 Å². The maximum atomic E-state index is 12.3. The standard InChI is InChI=1S/C18H26N2O2/c1-22-17-9-5-4-8-16(17)19-18(21)13-20-11-10-14-6-2-3-7-15(14)12-20/h4-5,8-9,14-15H,2-3,6-7,10-13H2,1H3,(H,19,21). The zero-order chi connectivity index (χ0) is 15.4. The summed E-state index contributed by atoms with van der Waals surface area (Å²) in [5.74, 6) is 2.48. The van der Waals surface area contributed by atoms with Gasteiger partial charge in [-0.05, 0) is 43.4 Å². The third-order valence-electron chi connectivity index (χ3n) is 5.12. The van der Waals surface area contributed by atoms with E-state index in [2.05, 4.69) is 10.2 Å². The molecule has 2 atom stereocenters. The zero-order valence-electron chi connectivity index (χ0n) is 13.4. The van der Waals surface area contributed by atoms with E-state index in [1.807, 2.05) is 24.3 Å². The van der Waals surface area contributed by atoms with Crippen LogP contribution in [0, 0.1) is 11.8 Å². The SMILES string of the molecule is COc1ccccc1NC(=O)CN1CCC2CCCCC2C1. The first kappa shape index (κ1) is 15.3. The van der Waals surface area contributed by atoms with Crippen LogP contribution in [0.15, 0.2) is 24.3 Å². The zero-order valence-corrected chi connectivity index (χ0v) is 13.4. The van der Waals surface area contributed by atoms with Crippen molar-refractivity contribution in [3.63, 3.8) is 0 Å². The molecule has 4 heteroatoms. The van der Waals surface area contributed by atoms with Gasteiger partial charge in [0, 0.05) is 6.54 Å². The van der Waals surface area contributed by atoms with Crippen LogP contribution in [0.25, 0.3) is 0 Å². The lowest BCUT2D eigenvalue weighted by Crippen LogP contribution is -2.44. The van der Waals surface area contributed by atoms with Crippen molar-refractivity contribution in [2.24, 2.45) is 11.8 Å². The van der Waals surface area contributed by atoms with Crippen molar-refractivity contribution in [3.05, 3.63) is 24.3 Å². The van der Waals surface area contributed by atoms with Gasteiger partial charge in [-0.15, -0.1) is 0 Å². The molecule has 1 aliphatic heterocycles. The molecular weight excluding hydrogens is 276 g/mol. The second-order valence-corrected chi connectivity index (χ2v) is 6.58. The first-order valence-corrected chi connectivity index (χ1v) is 8.41. The molecule has 1 amide bonds. The van der Waals surface area contributed by atoms with Crippen molar-refractivity contribution in [1.29, 1.82) is 0 Å². The molecule has 2 aliphatic rings. The van der Waals surface area contributed by atoms with Crippen LogP contribution >= 0.6 is 0 Å². The number of carbonyl (C=O) groups excluding carboxylic acids is 1. The molecule has 1 aromatic carbocycles. The maximum Gasteiger partial charge on any atom is 0.238 e. The number of amides is 1. The van der Waals surface area contributed by atoms with E-state index >= 15 is 0 Å². The smallest absolute Gasteiger partial charge is 0.238 e. The number of rotatable bonds is 4. The lowest BCUT2D eigenvalue weighted by Gasteiger charge is -2.41. The van der Waals surface area contributed by atoms with Gasteiger partial charge < -0.3 is 10.1 Å². The van der Waals surface area contributed by atoms with Gasteiger partial charge in [0.25, 0.3) is 0 Å². The number of ether oxygens (including phenoxy) is 1. The number of hydrogen-bond acceptors (Lipinski definition) is 3. The van der Waals surface area contributed by atoms with E-state index in [9.17, 15) is 4.79 Å². The molecule has 0 radical (unpaired) electrons. The first-order chi connectivity index (χ1) is 10.8. The van der Waals surface area contributed by atoms with Gasteiger partial charge in [0.05, 0.1) is 19.3 Å². The minimum atomic E-state index is 0.0544. The van der Waals surface area contributed by atoms with Crippen molar-refractivity contribution < 1.29 is 9.53 Å². The van der Waals surface area contributed by atoms with Gasteiger partial charge in [0.15, 0.2) is 0 Å². The van der Waals surface area contributed by atoms with E-state index in [0.29, 0.717) is 12.3 Å². The fourth-order valence-corrected chi connectivity index (χ4v) is 3.96. The molecule has 2 unspecified atom stereocenters. The average Bonchev–Trinajstić information content (AvgIpc) is 2.55. The molecule has 1 N–H and O–H groups in total. The van der Waals surface area contributed by atoms with Crippen molar-refractivity contribution in [1.82, 2.24) is 4.90 Å². The highest BCUT2D eigenvalue weighted by atomic mass is 16.5. The molecule has 120 valence electrons. The highest BCUT2D eigenvalue weighted by molar-refractivity contribution is 5.93. The highest BCUT2D eigenvalue weighted by Gasteiger charge is 2.31. The molecule has 0 aromatic heterocycles. The monoisotopic (exact) mass is 302 g/mol. The van der Waals surface area contributed by atoms with Crippen molar-refractivity contribution in [2.45, 2.75) is 32.1 Å². The van der Waals surface area contributed by atoms with Crippen LogP contribution in [0.5, 0.6) is 5.75 Å². The third-order valence-corrected chi connectivity index (χ3v) is 5.12. The normalized spacial score (nSPS) is 25.3. The number of carbonyl (C=O) groups is 1. The molecule has 0 spiro atoms.